The van der Waals surface area contributed by atoms with E-state index in [0.717, 1.165) is 0 Å². The molecule has 2 aromatic rings. The van der Waals surface area contributed by atoms with Gasteiger partial charge in [0.25, 0.3) is 5.91 Å². The fourth-order valence-corrected chi connectivity index (χ4v) is 1.62. The smallest absolute Gasteiger partial charge is 0.305 e. The van der Waals surface area contributed by atoms with E-state index < -0.39 is 33.7 Å². The summed E-state index contributed by atoms with van der Waals surface area (Å²) < 4.78 is 28.7. The van der Waals surface area contributed by atoms with Crippen LogP contribution in [0.4, 0.5) is 14.5 Å². The van der Waals surface area contributed by atoms with Gasteiger partial charge in [0.15, 0.2) is 0 Å². The minimum absolute atomic E-state index is 0.0315. The van der Waals surface area contributed by atoms with E-state index in [4.69, 9.17) is 0 Å². The summed E-state index contributed by atoms with van der Waals surface area (Å²) in [4.78, 5) is 21.3. The Morgan fingerprint density at radius 2 is 2.19 bits per heavy atom. The van der Waals surface area contributed by atoms with E-state index in [2.05, 4.69) is 15.6 Å². The first-order chi connectivity index (χ1) is 10.0. The number of nitrogens with one attached hydrogen (secondary N) is 1. The number of benzene rings is 1. The summed E-state index contributed by atoms with van der Waals surface area (Å²) in [5.41, 5.74) is -1.94. The molecule has 0 atom stereocenters. The normalized spacial score (nSPS) is 10.4. The van der Waals surface area contributed by atoms with Crippen LogP contribution in [0.3, 0.4) is 0 Å². The number of aromatic nitrogens is 3. The predicted octanol–water partition coefficient (Wildman–Crippen LogP) is 0.894. The Hall–Kier alpha value is -2.91. The maximum atomic E-state index is 13.8. The van der Waals surface area contributed by atoms with Gasteiger partial charge in [-0.05, 0) is 6.07 Å². The Morgan fingerprint density at radius 1 is 1.43 bits per heavy atom. The van der Waals surface area contributed by atoms with Crippen molar-refractivity contribution in [2.45, 2.75) is 6.54 Å². The Balaban J connectivity index is 2.11. The quantitative estimate of drug-likeness (QED) is 0.652. The van der Waals surface area contributed by atoms with Crippen LogP contribution >= 0.6 is 0 Å². The molecule has 1 aromatic carbocycles. The van der Waals surface area contributed by atoms with Crippen molar-refractivity contribution in [1.82, 2.24) is 20.3 Å². The number of hydrogen-bond donors (Lipinski definition) is 1. The third-order valence-electron chi connectivity index (χ3n) is 2.59. The second-order valence-corrected chi connectivity index (χ2v) is 3.93. The molecule has 0 radical (unpaired) electrons. The second kappa shape index (κ2) is 6.03. The zero-order chi connectivity index (χ0) is 15.4. The maximum Gasteiger partial charge on any atom is 0.305 e. The molecule has 1 aromatic heterocycles. The first-order valence-corrected chi connectivity index (χ1v) is 5.75. The van der Waals surface area contributed by atoms with Crippen LogP contribution in [-0.4, -0.2) is 32.4 Å². The van der Waals surface area contributed by atoms with Gasteiger partial charge < -0.3 is 5.32 Å². The Bertz CT molecular complexity index is 675. The van der Waals surface area contributed by atoms with Gasteiger partial charge in [-0.2, -0.15) is 4.39 Å². The summed E-state index contributed by atoms with van der Waals surface area (Å²) in [6, 6.07) is 1.34. The van der Waals surface area contributed by atoms with E-state index in [9.17, 15) is 23.7 Å². The molecule has 1 amide bonds. The van der Waals surface area contributed by atoms with Crippen molar-refractivity contribution >= 4 is 11.6 Å². The van der Waals surface area contributed by atoms with Crippen molar-refractivity contribution in [2.24, 2.45) is 0 Å². The number of nitro benzene ring substituents is 1. The van der Waals surface area contributed by atoms with Gasteiger partial charge in [0.05, 0.1) is 17.7 Å². The lowest BCUT2D eigenvalue weighted by Gasteiger charge is -2.07. The molecule has 0 fully saturated rings. The lowest BCUT2D eigenvalue weighted by atomic mass is 10.1. The maximum absolute atomic E-state index is 13.8. The fourth-order valence-electron chi connectivity index (χ4n) is 1.62. The Morgan fingerprint density at radius 3 is 2.81 bits per heavy atom. The van der Waals surface area contributed by atoms with Crippen LogP contribution in [0.15, 0.2) is 24.5 Å². The molecular formula is C11H9F2N5O3. The van der Waals surface area contributed by atoms with E-state index in [0.29, 0.717) is 12.1 Å². The van der Waals surface area contributed by atoms with Gasteiger partial charge in [-0.3, -0.25) is 19.6 Å². The number of carbonyl (C=O) groups excluding carboxylic acids is 1. The van der Waals surface area contributed by atoms with Crippen molar-refractivity contribution in [1.29, 1.82) is 0 Å². The van der Waals surface area contributed by atoms with Crippen molar-refractivity contribution in [3.05, 3.63) is 51.8 Å². The molecule has 110 valence electrons. The van der Waals surface area contributed by atoms with Gasteiger partial charge in [0.2, 0.25) is 5.82 Å². The zero-order valence-corrected chi connectivity index (χ0v) is 10.5. The summed E-state index contributed by atoms with van der Waals surface area (Å²) in [7, 11) is 0. The van der Waals surface area contributed by atoms with Crippen LogP contribution in [0, 0.1) is 21.7 Å². The largest absolute Gasteiger partial charge is 0.350 e. The standard InChI is InChI=1S/C11H9F2N5O3/c12-7-1-2-8(18(20)21)10(13)9(7)11(19)14-3-5-17-6-4-15-16-17/h1-2,4,6H,3,5H2,(H,14,19). The highest BCUT2D eigenvalue weighted by molar-refractivity contribution is 5.95. The van der Waals surface area contributed by atoms with Gasteiger partial charge in [-0.1, -0.05) is 5.21 Å². The zero-order valence-electron chi connectivity index (χ0n) is 10.5. The topological polar surface area (TPSA) is 103 Å². The molecule has 0 aliphatic rings. The molecule has 8 nitrogen and oxygen atoms in total. The minimum atomic E-state index is -1.50. The van der Waals surface area contributed by atoms with Crippen LogP contribution in [-0.2, 0) is 6.54 Å². The highest BCUT2D eigenvalue weighted by atomic mass is 19.1. The van der Waals surface area contributed by atoms with Gasteiger partial charge in [0.1, 0.15) is 11.4 Å². The Labute approximate surface area is 116 Å². The van der Waals surface area contributed by atoms with Gasteiger partial charge in [-0.25, -0.2) is 4.39 Å². The third-order valence-corrected chi connectivity index (χ3v) is 2.59. The lowest BCUT2D eigenvalue weighted by molar-refractivity contribution is -0.387. The summed E-state index contributed by atoms with van der Waals surface area (Å²) >= 11 is 0. The number of rotatable bonds is 5. The average molecular weight is 297 g/mol. The first kappa shape index (κ1) is 14.5. The number of nitro groups is 1. The number of hydrogen-bond acceptors (Lipinski definition) is 5. The predicted molar refractivity (Wildman–Crippen MR) is 65.4 cm³/mol. The molecule has 0 saturated heterocycles. The van der Waals surface area contributed by atoms with Crippen LogP contribution in [0.1, 0.15) is 10.4 Å². The average Bonchev–Trinajstić information content (AvgIpc) is 2.91. The number of carbonyl (C=O) groups is 1. The molecule has 0 bridgehead atoms. The van der Waals surface area contributed by atoms with Gasteiger partial charge in [0, 0.05) is 18.8 Å². The Kier molecular flexibility index (Phi) is 4.16. The summed E-state index contributed by atoms with van der Waals surface area (Å²) in [5.74, 6) is -3.75. The molecule has 21 heavy (non-hydrogen) atoms. The lowest BCUT2D eigenvalue weighted by Crippen LogP contribution is -2.29. The molecule has 0 spiro atoms. The van der Waals surface area contributed by atoms with Crippen LogP contribution in [0.2, 0.25) is 0 Å². The third kappa shape index (κ3) is 3.16. The molecule has 0 saturated carbocycles. The van der Waals surface area contributed by atoms with Crippen molar-refractivity contribution in [3.63, 3.8) is 0 Å². The first-order valence-electron chi connectivity index (χ1n) is 5.75. The van der Waals surface area contributed by atoms with Crippen molar-refractivity contribution in [2.75, 3.05) is 6.54 Å². The molecular weight excluding hydrogens is 288 g/mol. The fraction of sp³-hybridized carbons (Fsp3) is 0.182. The monoisotopic (exact) mass is 297 g/mol. The van der Waals surface area contributed by atoms with Crippen LogP contribution in [0.5, 0.6) is 0 Å². The van der Waals surface area contributed by atoms with E-state index in [1.165, 1.54) is 10.9 Å². The van der Waals surface area contributed by atoms with E-state index in [-0.39, 0.29) is 13.1 Å². The van der Waals surface area contributed by atoms with E-state index in [1.807, 2.05) is 0 Å². The summed E-state index contributed by atoms with van der Waals surface area (Å²) in [5, 5.41) is 20.0. The van der Waals surface area contributed by atoms with Gasteiger partial charge >= 0.3 is 5.69 Å². The highest BCUT2D eigenvalue weighted by Gasteiger charge is 2.25. The second-order valence-electron chi connectivity index (χ2n) is 3.93. The highest BCUT2D eigenvalue weighted by Crippen LogP contribution is 2.22. The number of halogens is 2. The molecule has 1 N–H and O–H groups in total. The SMILES string of the molecule is O=C(NCCn1ccnn1)c1c(F)ccc([N+](=O)[O-])c1F. The van der Waals surface area contributed by atoms with Crippen molar-refractivity contribution in [3.8, 4) is 0 Å². The van der Waals surface area contributed by atoms with Gasteiger partial charge in [-0.15, -0.1) is 5.10 Å². The number of amides is 1. The molecule has 1 heterocycles. The molecule has 0 aliphatic carbocycles. The van der Waals surface area contributed by atoms with Crippen molar-refractivity contribution < 1.29 is 18.5 Å². The van der Waals surface area contributed by atoms with Crippen LogP contribution in [0.25, 0.3) is 0 Å². The molecule has 10 heteroatoms. The molecule has 0 unspecified atom stereocenters. The molecule has 0 aliphatic heterocycles. The molecule has 2 rings (SSSR count). The van der Waals surface area contributed by atoms with Crippen LogP contribution < -0.4 is 5.32 Å². The van der Waals surface area contributed by atoms with E-state index in [1.54, 1.807) is 6.20 Å². The summed E-state index contributed by atoms with van der Waals surface area (Å²) in [6.07, 6.45) is 2.97. The van der Waals surface area contributed by atoms with E-state index >= 15 is 0 Å². The number of nitrogens with zero attached hydrogens (tertiary/aromatic N) is 4. The summed E-state index contributed by atoms with van der Waals surface area (Å²) in [6.45, 7) is 0.271. The minimum Gasteiger partial charge on any atom is -0.350 e.